The van der Waals surface area contributed by atoms with Gasteiger partial charge in [0, 0.05) is 24.7 Å². The lowest BCUT2D eigenvalue weighted by Crippen LogP contribution is -2.46. The van der Waals surface area contributed by atoms with Crippen LogP contribution < -0.4 is 5.32 Å². The molecule has 1 aliphatic rings. The number of nitrogens with one attached hydrogen (secondary N) is 1. The van der Waals surface area contributed by atoms with E-state index in [-0.39, 0.29) is 34.8 Å². The van der Waals surface area contributed by atoms with Gasteiger partial charge in [-0.3, -0.25) is 4.79 Å². The van der Waals surface area contributed by atoms with Gasteiger partial charge < -0.3 is 9.84 Å². The molecule has 1 aromatic carbocycles. The third-order valence-electron chi connectivity index (χ3n) is 4.94. The summed E-state index contributed by atoms with van der Waals surface area (Å²) < 4.78 is 47.1. The number of halogens is 1. The van der Waals surface area contributed by atoms with Crippen LogP contribution in [0.3, 0.4) is 0 Å². The minimum Gasteiger partial charge on any atom is -0.355 e. The lowest BCUT2D eigenvalue weighted by molar-refractivity contribution is -0.126. The number of hydrogen-bond donors (Lipinski definition) is 1. The molecule has 1 fully saturated rings. The van der Waals surface area contributed by atoms with E-state index >= 15 is 0 Å². The number of carbonyl (C=O) groups is 1. The molecule has 162 valence electrons. The summed E-state index contributed by atoms with van der Waals surface area (Å²) in [4.78, 5) is 12.3. The maximum absolute atomic E-state index is 13.9. The van der Waals surface area contributed by atoms with Gasteiger partial charge in [-0.1, -0.05) is 23.4 Å². The summed E-state index contributed by atoms with van der Waals surface area (Å²) in [6, 6.07) is 6.14. The largest absolute Gasteiger partial charge is 0.355 e. The molecule has 1 saturated heterocycles. The smallest absolute Gasteiger partial charge is 0.248 e. The molecule has 1 aromatic heterocycles. The predicted molar refractivity (Wildman–Crippen MR) is 111 cm³/mol. The van der Waals surface area contributed by atoms with E-state index in [1.807, 2.05) is 13.8 Å². The van der Waals surface area contributed by atoms with E-state index in [1.54, 1.807) is 25.1 Å². The molecule has 0 saturated carbocycles. The van der Waals surface area contributed by atoms with Crippen LogP contribution in [-0.4, -0.2) is 42.9 Å². The number of aryl methyl sites for hydroxylation is 1. The fraction of sp³-hybridized carbons (Fsp3) is 0.429. The maximum atomic E-state index is 13.9. The van der Waals surface area contributed by atoms with E-state index in [1.165, 1.54) is 22.5 Å². The number of sulfonamides is 1. The Morgan fingerprint density at radius 2 is 2.07 bits per heavy atom. The summed E-state index contributed by atoms with van der Waals surface area (Å²) in [5, 5.41) is 6.65. The van der Waals surface area contributed by atoms with Crippen LogP contribution in [0.1, 0.15) is 43.7 Å². The van der Waals surface area contributed by atoms with Crippen LogP contribution >= 0.6 is 0 Å². The molecule has 1 N–H and O–H groups in total. The van der Waals surface area contributed by atoms with Crippen LogP contribution in [0.2, 0.25) is 0 Å². The Morgan fingerprint density at radius 1 is 1.33 bits per heavy atom. The first-order valence-electron chi connectivity index (χ1n) is 9.89. The lowest BCUT2D eigenvalue weighted by Gasteiger charge is -2.31. The summed E-state index contributed by atoms with van der Waals surface area (Å²) >= 11 is 0. The number of carbonyl (C=O) groups excluding carboxylic acids is 1. The van der Waals surface area contributed by atoms with Crippen LogP contribution in [0.5, 0.6) is 0 Å². The van der Waals surface area contributed by atoms with E-state index in [0.29, 0.717) is 24.9 Å². The van der Waals surface area contributed by atoms with Gasteiger partial charge in [-0.05, 0) is 51.8 Å². The molecule has 0 bridgehead atoms. The molecule has 30 heavy (non-hydrogen) atoms. The highest BCUT2D eigenvalue weighted by molar-refractivity contribution is 7.89. The Kier molecular flexibility index (Phi) is 6.72. The van der Waals surface area contributed by atoms with Crippen molar-refractivity contribution in [1.82, 2.24) is 14.8 Å². The van der Waals surface area contributed by atoms with Gasteiger partial charge in [-0.2, -0.15) is 4.31 Å². The zero-order valence-corrected chi connectivity index (χ0v) is 18.1. The molecule has 3 rings (SSSR count). The summed E-state index contributed by atoms with van der Waals surface area (Å²) in [6.45, 7) is 5.69. The Bertz CT molecular complexity index is 1050. The number of piperidine rings is 1. The van der Waals surface area contributed by atoms with Crippen molar-refractivity contribution < 1.29 is 22.1 Å². The average Bonchev–Trinajstić information content (AvgIpc) is 3.08. The first-order chi connectivity index (χ1) is 14.2. The van der Waals surface area contributed by atoms with Gasteiger partial charge in [0.15, 0.2) is 10.7 Å². The highest BCUT2D eigenvalue weighted by Crippen LogP contribution is 2.29. The minimum atomic E-state index is -3.94. The van der Waals surface area contributed by atoms with Crippen LogP contribution in [0.25, 0.3) is 12.2 Å². The van der Waals surface area contributed by atoms with Crippen molar-refractivity contribution in [2.24, 2.45) is 5.92 Å². The zero-order valence-electron chi connectivity index (χ0n) is 17.3. The van der Waals surface area contributed by atoms with Crippen LogP contribution in [0.4, 0.5) is 4.39 Å². The van der Waals surface area contributed by atoms with Gasteiger partial charge in [0.05, 0.1) is 5.92 Å². The Labute approximate surface area is 176 Å². The summed E-state index contributed by atoms with van der Waals surface area (Å²) in [6.07, 6.45) is 4.06. The third-order valence-corrected chi connectivity index (χ3v) is 6.96. The number of amides is 1. The van der Waals surface area contributed by atoms with Crippen molar-refractivity contribution in [1.29, 1.82) is 0 Å². The van der Waals surface area contributed by atoms with E-state index in [2.05, 4.69) is 10.5 Å². The SMILES string of the molecule is Cc1noc(/C=C/c2ccccc2F)c1S(=O)(=O)N1CCC[C@H](C(=O)NC(C)C)C1. The van der Waals surface area contributed by atoms with E-state index in [9.17, 15) is 17.6 Å². The molecule has 7 nitrogen and oxygen atoms in total. The van der Waals surface area contributed by atoms with Gasteiger partial charge in [-0.25, -0.2) is 12.8 Å². The van der Waals surface area contributed by atoms with Crippen molar-refractivity contribution in [2.75, 3.05) is 13.1 Å². The van der Waals surface area contributed by atoms with Crippen LogP contribution in [-0.2, 0) is 14.8 Å². The van der Waals surface area contributed by atoms with Gasteiger partial charge in [-0.15, -0.1) is 0 Å². The monoisotopic (exact) mass is 435 g/mol. The number of aromatic nitrogens is 1. The first kappa shape index (κ1) is 22.2. The summed E-state index contributed by atoms with van der Waals surface area (Å²) in [5.74, 6) is -0.950. The number of hydrogen-bond acceptors (Lipinski definition) is 5. The first-order valence-corrected chi connectivity index (χ1v) is 11.3. The molecule has 1 amide bonds. The van der Waals surface area contributed by atoms with Crippen LogP contribution in [0.15, 0.2) is 33.7 Å². The fourth-order valence-electron chi connectivity index (χ4n) is 3.48. The number of rotatable bonds is 6. The minimum absolute atomic E-state index is 0.0140. The predicted octanol–water partition coefficient (Wildman–Crippen LogP) is 3.22. The molecule has 2 aromatic rings. The van der Waals surface area contributed by atoms with Crippen molar-refractivity contribution in [3.05, 3.63) is 47.1 Å². The second-order valence-electron chi connectivity index (χ2n) is 7.68. The molecule has 9 heteroatoms. The standard InChI is InChI=1S/C21H26FN3O4S/c1-14(2)23-21(26)17-8-6-12-25(13-17)30(27,28)20-15(3)24-29-19(20)11-10-16-7-4-5-9-18(16)22/h4-5,7,9-11,14,17H,6,8,12-13H2,1-3H3,(H,23,26)/b11-10+/t17-/m0/s1. The quantitative estimate of drug-likeness (QED) is 0.752. The van der Waals surface area contributed by atoms with Gasteiger partial charge in [0.2, 0.25) is 15.9 Å². The topological polar surface area (TPSA) is 92.5 Å². The number of benzene rings is 1. The molecular weight excluding hydrogens is 409 g/mol. The average molecular weight is 436 g/mol. The van der Waals surface area contributed by atoms with E-state index < -0.39 is 21.8 Å². The molecule has 0 spiro atoms. The molecule has 0 radical (unpaired) electrons. The molecule has 2 heterocycles. The molecule has 0 aliphatic carbocycles. The Hall–Kier alpha value is -2.52. The van der Waals surface area contributed by atoms with E-state index in [4.69, 9.17) is 4.52 Å². The Morgan fingerprint density at radius 3 is 2.77 bits per heavy atom. The van der Waals surface area contributed by atoms with Crippen molar-refractivity contribution in [3.8, 4) is 0 Å². The highest BCUT2D eigenvalue weighted by atomic mass is 32.2. The zero-order chi connectivity index (χ0) is 21.9. The molecule has 0 unspecified atom stereocenters. The molecule has 1 atom stereocenters. The second kappa shape index (κ2) is 9.09. The van der Waals surface area contributed by atoms with Gasteiger partial charge in [0.1, 0.15) is 11.5 Å². The third kappa shape index (κ3) is 4.79. The van der Waals surface area contributed by atoms with Gasteiger partial charge >= 0.3 is 0 Å². The van der Waals surface area contributed by atoms with Crippen molar-refractivity contribution >= 4 is 28.1 Å². The second-order valence-corrected chi connectivity index (χ2v) is 9.56. The maximum Gasteiger partial charge on any atom is 0.248 e. The van der Waals surface area contributed by atoms with Crippen molar-refractivity contribution in [2.45, 2.75) is 44.6 Å². The lowest BCUT2D eigenvalue weighted by atomic mass is 9.98. The fourth-order valence-corrected chi connectivity index (χ4v) is 5.25. The van der Waals surface area contributed by atoms with Gasteiger partial charge in [0.25, 0.3) is 0 Å². The number of nitrogens with zero attached hydrogens (tertiary/aromatic N) is 2. The van der Waals surface area contributed by atoms with Crippen molar-refractivity contribution in [3.63, 3.8) is 0 Å². The van der Waals surface area contributed by atoms with E-state index in [0.717, 1.165) is 0 Å². The Balaban J connectivity index is 1.87. The molecular formula is C21H26FN3O4S. The molecule has 1 aliphatic heterocycles. The highest BCUT2D eigenvalue weighted by Gasteiger charge is 2.37. The normalized spacial score (nSPS) is 18.2. The summed E-state index contributed by atoms with van der Waals surface area (Å²) in [5.41, 5.74) is 0.523. The van der Waals surface area contributed by atoms with Crippen LogP contribution in [0, 0.1) is 18.7 Å². The summed E-state index contributed by atoms with van der Waals surface area (Å²) in [7, 11) is -3.94.